The third-order valence-electron chi connectivity index (χ3n) is 2.66. The van der Waals surface area contributed by atoms with Crippen LogP contribution in [0.2, 0.25) is 5.28 Å². The van der Waals surface area contributed by atoms with Crippen LogP contribution in [0.3, 0.4) is 0 Å². The van der Waals surface area contributed by atoms with Crippen LogP contribution >= 0.6 is 11.6 Å². The van der Waals surface area contributed by atoms with E-state index in [1.165, 1.54) is 5.56 Å². The minimum Gasteiger partial charge on any atom is -0.424 e. The van der Waals surface area contributed by atoms with Gasteiger partial charge < -0.3 is 10.1 Å². The first-order chi connectivity index (χ1) is 9.71. The van der Waals surface area contributed by atoms with E-state index in [-0.39, 0.29) is 11.3 Å². The average Bonchev–Trinajstić information content (AvgIpc) is 2.45. The van der Waals surface area contributed by atoms with E-state index in [4.69, 9.17) is 16.3 Å². The van der Waals surface area contributed by atoms with E-state index in [1.807, 2.05) is 24.3 Å². The van der Waals surface area contributed by atoms with Gasteiger partial charge in [-0.15, -0.1) is 0 Å². The highest BCUT2D eigenvalue weighted by Crippen LogP contribution is 2.20. The molecule has 0 radical (unpaired) electrons. The van der Waals surface area contributed by atoms with Crippen molar-refractivity contribution in [3.8, 4) is 11.8 Å². The summed E-state index contributed by atoms with van der Waals surface area (Å²) in [5.41, 5.74) is 1.25. The molecule has 0 saturated carbocycles. The molecule has 0 spiro atoms. The van der Waals surface area contributed by atoms with Gasteiger partial charge in [-0.25, -0.2) is 0 Å². The van der Waals surface area contributed by atoms with Crippen molar-refractivity contribution in [2.45, 2.75) is 26.7 Å². The van der Waals surface area contributed by atoms with Gasteiger partial charge in [0, 0.05) is 6.54 Å². The van der Waals surface area contributed by atoms with Crippen molar-refractivity contribution in [2.75, 3.05) is 11.9 Å². The molecule has 1 heterocycles. The topological polar surface area (TPSA) is 59.9 Å². The molecule has 0 unspecified atom stereocenters. The summed E-state index contributed by atoms with van der Waals surface area (Å²) in [6.45, 7) is 4.93. The van der Waals surface area contributed by atoms with E-state index in [0.29, 0.717) is 11.7 Å². The molecule has 0 fully saturated rings. The zero-order valence-electron chi connectivity index (χ0n) is 11.6. The van der Waals surface area contributed by atoms with E-state index < -0.39 is 0 Å². The van der Waals surface area contributed by atoms with Crippen molar-refractivity contribution < 1.29 is 4.74 Å². The average molecular weight is 293 g/mol. The Morgan fingerprint density at radius 3 is 2.50 bits per heavy atom. The van der Waals surface area contributed by atoms with Crippen LogP contribution in [0.15, 0.2) is 24.3 Å². The minimum absolute atomic E-state index is 0.110. The highest BCUT2D eigenvalue weighted by molar-refractivity contribution is 6.28. The predicted octanol–water partition coefficient (Wildman–Crippen LogP) is 3.70. The molecule has 1 aromatic carbocycles. The number of anilines is 1. The van der Waals surface area contributed by atoms with Gasteiger partial charge in [0.15, 0.2) is 0 Å². The second kappa shape index (κ2) is 7.05. The summed E-state index contributed by atoms with van der Waals surface area (Å²) in [4.78, 5) is 12.1. The van der Waals surface area contributed by atoms with Gasteiger partial charge in [-0.1, -0.05) is 26.0 Å². The third kappa shape index (κ3) is 4.06. The van der Waals surface area contributed by atoms with Gasteiger partial charge >= 0.3 is 6.01 Å². The summed E-state index contributed by atoms with van der Waals surface area (Å²) in [5.74, 6) is 1.10. The fourth-order valence-electron chi connectivity index (χ4n) is 1.59. The normalized spacial score (nSPS) is 10.3. The van der Waals surface area contributed by atoms with Crippen LogP contribution < -0.4 is 10.1 Å². The molecule has 0 atom stereocenters. The molecule has 5 nitrogen and oxygen atoms in total. The molecule has 1 aromatic heterocycles. The van der Waals surface area contributed by atoms with Crippen LogP contribution in [0.1, 0.15) is 25.8 Å². The monoisotopic (exact) mass is 292 g/mol. The molecular weight excluding hydrogens is 276 g/mol. The molecule has 0 bridgehead atoms. The SMILES string of the molecule is CCCNc1nc(Cl)nc(Oc2ccc(CC)cc2)n1. The standard InChI is InChI=1S/C14H17ClN4O/c1-3-9-16-13-17-12(15)18-14(19-13)20-11-7-5-10(4-2)6-8-11/h5-8H,3-4,9H2,1-2H3,(H,16,17,18,19). The van der Waals surface area contributed by atoms with Gasteiger partial charge in [-0.05, 0) is 42.1 Å². The summed E-state index contributed by atoms with van der Waals surface area (Å²) in [7, 11) is 0. The summed E-state index contributed by atoms with van der Waals surface area (Å²) in [5, 5.41) is 3.16. The third-order valence-corrected chi connectivity index (χ3v) is 2.83. The van der Waals surface area contributed by atoms with Gasteiger partial charge in [-0.2, -0.15) is 15.0 Å². The predicted molar refractivity (Wildman–Crippen MR) is 79.5 cm³/mol. The van der Waals surface area contributed by atoms with Crippen LogP contribution in [0.25, 0.3) is 0 Å². The maximum atomic E-state index is 5.86. The number of halogens is 1. The number of aryl methyl sites for hydroxylation is 1. The number of aromatic nitrogens is 3. The first-order valence-electron chi connectivity index (χ1n) is 6.63. The number of hydrogen-bond acceptors (Lipinski definition) is 5. The molecule has 0 saturated heterocycles. The van der Waals surface area contributed by atoms with Crippen LogP contribution in [0.5, 0.6) is 11.8 Å². The van der Waals surface area contributed by atoms with E-state index in [9.17, 15) is 0 Å². The quantitative estimate of drug-likeness (QED) is 0.879. The van der Waals surface area contributed by atoms with Crippen molar-refractivity contribution in [3.63, 3.8) is 0 Å². The summed E-state index contributed by atoms with van der Waals surface area (Å²) in [6.07, 6.45) is 1.96. The second-order valence-electron chi connectivity index (χ2n) is 4.24. The Balaban J connectivity index is 2.12. The first-order valence-corrected chi connectivity index (χ1v) is 7.01. The molecule has 1 N–H and O–H groups in total. The van der Waals surface area contributed by atoms with Crippen molar-refractivity contribution in [1.82, 2.24) is 15.0 Å². The highest BCUT2D eigenvalue weighted by atomic mass is 35.5. The lowest BCUT2D eigenvalue weighted by atomic mass is 10.2. The molecule has 6 heteroatoms. The minimum atomic E-state index is 0.110. The molecule has 2 rings (SSSR count). The first kappa shape index (κ1) is 14.5. The van der Waals surface area contributed by atoms with E-state index in [1.54, 1.807) is 0 Å². The van der Waals surface area contributed by atoms with Gasteiger partial charge in [0.05, 0.1) is 0 Å². The zero-order valence-corrected chi connectivity index (χ0v) is 12.3. The number of ether oxygens (including phenoxy) is 1. The molecule has 0 aliphatic heterocycles. The lowest BCUT2D eigenvalue weighted by Crippen LogP contribution is -2.06. The number of hydrogen-bond donors (Lipinski definition) is 1. The smallest absolute Gasteiger partial charge is 0.328 e. The maximum absolute atomic E-state index is 5.86. The molecule has 20 heavy (non-hydrogen) atoms. The number of nitrogens with zero attached hydrogens (tertiary/aromatic N) is 3. The van der Waals surface area contributed by atoms with Crippen molar-refractivity contribution in [1.29, 1.82) is 0 Å². The number of benzene rings is 1. The zero-order chi connectivity index (χ0) is 14.4. The Kier molecular flexibility index (Phi) is 5.12. The molecule has 106 valence electrons. The lowest BCUT2D eigenvalue weighted by molar-refractivity contribution is 0.440. The fraction of sp³-hybridized carbons (Fsp3) is 0.357. The van der Waals surface area contributed by atoms with Gasteiger partial charge in [0.25, 0.3) is 0 Å². The van der Waals surface area contributed by atoms with Crippen LogP contribution in [-0.2, 0) is 6.42 Å². The summed E-state index contributed by atoms with van der Waals surface area (Å²) in [6, 6.07) is 7.97. The van der Waals surface area contributed by atoms with Crippen molar-refractivity contribution >= 4 is 17.5 Å². The molecule has 0 aliphatic carbocycles. The summed E-state index contributed by atoms with van der Waals surface area (Å²) < 4.78 is 5.59. The number of nitrogens with one attached hydrogen (secondary N) is 1. The Bertz CT molecular complexity index is 560. The molecule has 0 amide bonds. The van der Waals surface area contributed by atoms with Crippen LogP contribution in [0.4, 0.5) is 5.95 Å². The Morgan fingerprint density at radius 1 is 1.10 bits per heavy atom. The Morgan fingerprint density at radius 2 is 1.85 bits per heavy atom. The number of rotatable bonds is 6. The van der Waals surface area contributed by atoms with E-state index in [0.717, 1.165) is 19.4 Å². The lowest BCUT2D eigenvalue weighted by Gasteiger charge is -2.07. The van der Waals surface area contributed by atoms with Crippen LogP contribution in [0, 0.1) is 0 Å². The van der Waals surface area contributed by atoms with Gasteiger partial charge in [0.1, 0.15) is 5.75 Å². The maximum Gasteiger partial charge on any atom is 0.328 e. The van der Waals surface area contributed by atoms with Gasteiger partial charge in [-0.3, -0.25) is 0 Å². The fourth-order valence-corrected chi connectivity index (χ4v) is 1.74. The summed E-state index contributed by atoms with van der Waals surface area (Å²) >= 11 is 5.86. The Labute approximate surface area is 123 Å². The van der Waals surface area contributed by atoms with E-state index >= 15 is 0 Å². The molecular formula is C14H17ClN4O. The molecule has 0 aliphatic rings. The van der Waals surface area contributed by atoms with Crippen LogP contribution in [-0.4, -0.2) is 21.5 Å². The van der Waals surface area contributed by atoms with Crippen molar-refractivity contribution in [3.05, 3.63) is 35.1 Å². The van der Waals surface area contributed by atoms with E-state index in [2.05, 4.69) is 34.1 Å². The highest BCUT2D eigenvalue weighted by Gasteiger charge is 2.06. The molecule has 2 aromatic rings. The van der Waals surface area contributed by atoms with Gasteiger partial charge in [0.2, 0.25) is 11.2 Å². The Hall–Kier alpha value is -1.88. The van der Waals surface area contributed by atoms with Crippen molar-refractivity contribution in [2.24, 2.45) is 0 Å². The largest absolute Gasteiger partial charge is 0.424 e. The second-order valence-corrected chi connectivity index (χ2v) is 4.58.